The molecule has 42 heavy (non-hydrogen) atoms. The molecule has 2 heterocycles. The molecule has 0 bridgehead atoms. The van der Waals surface area contributed by atoms with Crippen LogP contribution < -0.4 is 4.74 Å². The minimum absolute atomic E-state index is 0.101. The van der Waals surface area contributed by atoms with Crippen LogP contribution in [0, 0.1) is 5.92 Å². The number of hydrogen-bond donors (Lipinski definition) is 0. The van der Waals surface area contributed by atoms with Gasteiger partial charge in [-0.2, -0.15) is 13.2 Å². The van der Waals surface area contributed by atoms with Gasteiger partial charge in [0.1, 0.15) is 5.75 Å². The quantitative estimate of drug-likeness (QED) is 0.394. The molecular weight excluding hydrogens is 598 g/mol. The molecule has 0 unspecified atom stereocenters. The molecular formula is C29H32Cl2F3N3O5. The lowest BCUT2D eigenvalue weighted by atomic mass is 9.93. The number of piperidine rings is 1. The molecule has 0 aliphatic carbocycles. The van der Waals surface area contributed by atoms with E-state index in [1.165, 1.54) is 18.0 Å². The van der Waals surface area contributed by atoms with Gasteiger partial charge in [-0.3, -0.25) is 9.59 Å². The second-order valence-electron chi connectivity index (χ2n) is 10.4. The number of benzene rings is 2. The zero-order chi connectivity index (χ0) is 30.8. The average Bonchev–Trinajstić information content (AvgIpc) is 3.42. The first kappa shape index (κ1) is 31.7. The molecule has 2 aliphatic heterocycles. The van der Waals surface area contributed by atoms with Crippen LogP contribution in [0.2, 0.25) is 10.0 Å². The van der Waals surface area contributed by atoms with E-state index in [4.69, 9.17) is 32.7 Å². The highest BCUT2D eigenvalue weighted by Gasteiger charge is 2.43. The van der Waals surface area contributed by atoms with Crippen molar-refractivity contribution in [3.05, 3.63) is 63.1 Å². The molecule has 3 amide bonds. The molecule has 0 aromatic heterocycles. The summed E-state index contributed by atoms with van der Waals surface area (Å²) in [6.07, 6.45) is -4.19. The summed E-state index contributed by atoms with van der Waals surface area (Å²) in [5, 5.41) is 0.654. The molecule has 2 aromatic carbocycles. The minimum atomic E-state index is -4.72. The van der Waals surface area contributed by atoms with Crippen molar-refractivity contribution in [1.82, 2.24) is 14.7 Å². The van der Waals surface area contributed by atoms with Crippen molar-refractivity contribution >= 4 is 41.1 Å². The van der Waals surface area contributed by atoms with Crippen molar-refractivity contribution in [2.75, 3.05) is 46.9 Å². The van der Waals surface area contributed by atoms with Crippen molar-refractivity contribution in [2.24, 2.45) is 5.92 Å². The van der Waals surface area contributed by atoms with Gasteiger partial charge >= 0.3 is 12.3 Å². The predicted octanol–water partition coefficient (Wildman–Crippen LogP) is 5.96. The fourth-order valence-corrected chi connectivity index (χ4v) is 5.93. The number of nitrogens with zero attached hydrogens (tertiary/aromatic N) is 3. The van der Waals surface area contributed by atoms with Crippen LogP contribution in [0.25, 0.3) is 0 Å². The van der Waals surface area contributed by atoms with Crippen molar-refractivity contribution in [2.45, 2.75) is 37.9 Å². The van der Waals surface area contributed by atoms with Gasteiger partial charge in [-0.05, 0) is 55.7 Å². The predicted molar refractivity (Wildman–Crippen MR) is 151 cm³/mol. The molecule has 2 atom stereocenters. The topological polar surface area (TPSA) is 79.4 Å². The Labute approximate surface area is 252 Å². The first-order chi connectivity index (χ1) is 19.8. The molecule has 2 aliphatic rings. The van der Waals surface area contributed by atoms with Crippen LogP contribution in [0.5, 0.6) is 5.75 Å². The highest BCUT2D eigenvalue weighted by molar-refractivity contribution is 6.42. The number of hydrogen-bond acceptors (Lipinski definition) is 5. The molecule has 0 saturated carbocycles. The number of halogens is 5. The van der Waals surface area contributed by atoms with Crippen molar-refractivity contribution in [3.63, 3.8) is 0 Å². The molecule has 2 aromatic rings. The Hall–Kier alpha value is -3.18. The molecule has 8 nitrogen and oxygen atoms in total. The van der Waals surface area contributed by atoms with E-state index >= 15 is 0 Å². The second kappa shape index (κ2) is 13.0. The number of methoxy groups -OCH3 is 1. The van der Waals surface area contributed by atoms with Gasteiger partial charge in [0.15, 0.2) is 0 Å². The fourth-order valence-electron chi connectivity index (χ4n) is 5.63. The van der Waals surface area contributed by atoms with E-state index in [-0.39, 0.29) is 48.8 Å². The minimum Gasteiger partial charge on any atom is -0.496 e. The standard InChI is InChI=1S/C29H32Cl2F3N3O5/c1-4-42-28(40)36-11-9-17(10-12-36)27(39)37-15-20(18-5-7-22(30)23(31)14-18)24(16-37)35(2)26(38)19-6-8-25(41-3)21(13-19)29(32,33)34/h5-8,13-14,17,20,24H,4,9-12,15-16H2,1-3H3/t20-,24-/m1/s1. The van der Waals surface area contributed by atoms with E-state index in [1.807, 2.05) is 0 Å². The summed E-state index contributed by atoms with van der Waals surface area (Å²) in [4.78, 5) is 43.9. The fraction of sp³-hybridized carbons (Fsp3) is 0.483. The molecule has 2 saturated heterocycles. The van der Waals surface area contributed by atoms with E-state index < -0.39 is 29.8 Å². The number of ether oxygens (including phenoxy) is 2. The van der Waals surface area contributed by atoms with E-state index in [0.29, 0.717) is 36.0 Å². The van der Waals surface area contributed by atoms with Gasteiger partial charge in [0, 0.05) is 50.6 Å². The van der Waals surface area contributed by atoms with Crippen LogP contribution in [0.4, 0.5) is 18.0 Å². The van der Waals surface area contributed by atoms with Gasteiger partial charge < -0.3 is 24.2 Å². The first-order valence-electron chi connectivity index (χ1n) is 13.5. The number of likely N-dealkylation sites (tertiary alicyclic amines) is 2. The van der Waals surface area contributed by atoms with Gasteiger partial charge in [0.25, 0.3) is 5.91 Å². The van der Waals surface area contributed by atoms with E-state index in [0.717, 1.165) is 24.8 Å². The lowest BCUT2D eigenvalue weighted by molar-refractivity contribution is -0.139. The van der Waals surface area contributed by atoms with Crippen LogP contribution >= 0.6 is 23.2 Å². The summed E-state index contributed by atoms with van der Waals surface area (Å²) in [6.45, 7) is 3.22. The van der Waals surface area contributed by atoms with Crippen molar-refractivity contribution in [1.29, 1.82) is 0 Å². The van der Waals surface area contributed by atoms with Gasteiger partial charge in [-0.1, -0.05) is 29.3 Å². The summed E-state index contributed by atoms with van der Waals surface area (Å²) in [7, 11) is 2.64. The van der Waals surface area contributed by atoms with Crippen LogP contribution in [0.1, 0.15) is 47.2 Å². The Morgan fingerprint density at radius 3 is 2.29 bits per heavy atom. The lowest BCUT2D eigenvalue weighted by Gasteiger charge is -2.32. The second-order valence-corrected chi connectivity index (χ2v) is 11.2. The molecule has 0 spiro atoms. The van der Waals surface area contributed by atoms with Gasteiger partial charge in [0.2, 0.25) is 5.91 Å². The van der Waals surface area contributed by atoms with Gasteiger partial charge in [-0.25, -0.2) is 4.79 Å². The van der Waals surface area contributed by atoms with Gasteiger partial charge in [-0.15, -0.1) is 0 Å². The Morgan fingerprint density at radius 2 is 1.69 bits per heavy atom. The molecule has 0 radical (unpaired) electrons. The summed E-state index contributed by atoms with van der Waals surface area (Å²) < 4.78 is 50.9. The van der Waals surface area contributed by atoms with Crippen molar-refractivity contribution < 1.29 is 37.0 Å². The van der Waals surface area contributed by atoms with Crippen LogP contribution in [0.15, 0.2) is 36.4 Å². The number of alkyl halides is 3. The normalized spacial score (nSPS) is 19.5. The third-order valence-corrected chi connectivity index (χ3v) is 8.65. The smallest absolute Gasteiger partial charge is 0.419 e. The summed E-state index contributed by atoms with van der Waals surface area (Å²) in [6, 6.07) is 7.71. The molecule has 0 N–H and O–H groups in total. The average molecular weight is 630 g/mol. The third-order valence-electron chi connectivity index (χ3n) is 7.91. The molecule has 228 valence electrons. The molecule has 4 rings (SSSR count). The first-order valence-corrected chi connectivity index (χ1v) is 14.3. The van der Waals surface area contributed by atoms with E-state index in [2.05, 4.69) is 0 Å². The van der Waals surface area contributed by atoms with Gasteiger partial charge in [0.05, 0.1) is 35.4 Å². The number of carbonyl (C=O) groups excluding carboxylic acids is 3. The Morgan fingerprint density at radius 1 is 1.00 bits per heavy atom. The Kier molecular flexibility index (Phi) is 9.82. The van der Waals surface area contributed by atoms with E-state index in [1.54, 1.807) is 34.9 Å². The maximum absolute atomic E-state index is 13.7. The Bertz CT molecular complexity index is 1330. The highest BCUT2D eigenvalue weighted by Crippen LogP contribution is 2.39. The van der Waals surface area contributed by atoms with Crippen LogP contribution in [-0.2, 0) is 15.7 Å². The Balaban J connectivity index is 1.58. The number of rotatable bonds is 6. The number of amides is 3. The van der Waals surface area contributed by atoms with Crippen molar-refractivity contribution in [3.8, 4) is 5.75 Å². The summed E-state index contributed by atoms with van der Waals surface area (Å²) >= 11 is 12.4. The molecule has 13 heteroatoms. The lowest BCUT2D eigenvalue weighted by Crippen LogP contribution is -2.45. The maximum atomic E-state index is 13.7. The maximum Gasteiger partial charge on any atom is 0.419 e. The molecule has 2 fully saturated rings. The SMILES string of the molecule is CCOC(=O)N1CCC(C(=O)N2C[C@H](c3ccc(Cl)c(Cl)c3)[C@H](N(C)C(=O)c3ccc(OC)c(C(F)(F)F)c3)C2)CC1. The zero-order valence-corrected chi connectivity index (χ0v) is 24.9. The zero-order valence-electron chi connectivity index (χ0n) is 23.4. The largest absolute Gasteiger partial charge is 0.496 e. The summed E-state index contributed by atoms with van der Waals surface area (Å²) in [5.41, 5.74) is -0.468. The monoisotopic (exact) mass is 629 g/mol. The highest BCUT2D eigenvalue weighted by atomic mass is 35.5. The number of carbonyl (C=O) groups is 3. The van der Waals surface area contributed by atoms with Crippen LogP contribution in [0.3, 0.4) is 0 Å². The number of likely N-dealkylation sites (N-methyl/N-ethyl adjacent to an activating group) is 1. The van der Waals surface area contributed by atoms with Crippen LogP contribution in [-0.4, -0.2) is 85.6 Å². The summed E-state index contributed by atoms with van der Waals surface area (Å²) in [5.74, 6) is -1.81. The third kappa shape index (κ3) is 6.72. The van der Waals surface area contributed by atoms with E-state index in [9.17, 15) is 27.6 Å².